The van der Waals surface area contributed by atoms with Gasteiger partial charge in [0.1, 0.15) is 23.9 Å². The molecule has 36 heavy (non-hydrogen) atoms. The molecule has 186 valence electrons. The molecule has 1 aliphatic rings. The molecular weight excluding hydrogens is 450 g/mol. The molecule has 0 amide bonds. The Kier molecular flexibility index (Phi) is 7.70. The molecule has 4 aromatic rings. The van der Waals surface area contributed by atoms with Crippen molar-refractivity contribution >= 4 is 10.8 Å². The Bertz CT molecular complexity index is 1280. The average molecular weight is 484 g/mol. The lowest BCUT2D eigenvalue weighted by Gasteiger charge is -2.26. The van der Waals surface area contributed by atoms with Gasteiger partial charge in [-0.25, -0.2) is 0 Å². The van der Waals surface area contributed by atoms with Crippen LogP contribution in [-0.4, -0.2) is 58.6 Å². The maximum Gasteiger partial charge on any atom is 0.119 e. The van der Waals surface area contributed by atoms with Gasteiger partial charge in [-0.2, -0.15) is 0 Å². The van der Waals surface area contributed by atoms with Gasteiger partial charge >= 0.3 is 0 Å². The lowest BCUT2D eigenvalue weighted by Crippen LogP contribution is -2.38. The van der Waals surface area contributed by atoms with Crippen LogP contribution in [0, 0.1) is 0 Å². The predicted molar refractivity (Wildman–Crippen MR) is 144 cm³/mol. The Morgan fingerprint density at radius 1 is 0.750 bits per heavy atom. The Balaban J connectivity index is 1.38. The molecule has 0 radical (unpaired) electrons. The molecule has 0 bridgehead atoms. The van der Waals surface area contributed by atoms with E-state index in [1.807, 2.05) is 18.2 Å². The van der Waals surface area contributed by atoms with Crippen molar-refractivity contribution in [3.05, 3.63) is 90.0 Å². The minimum Gasteiger partial charge on any atom is -0.497 e. The molecule has 5 rings (SSSR count). The number of fused-ring (bicyclic) bond motifs is 1. The number of rotatable bonds is 9. The second kappa shape index (κ2) is 11.5. The van der Waals surface area contributed by atoms with Crippen LogP contribution in [0.15, 0.2) is 78.9 Å². The minimum atomic E-state index is 0.687. The highest BCUT2D eigenvalue weighted by Crippen LogP contribution is 2.34. The Morgan fingerprint density at radius 3 is 2.17 bits per heavy atom. The SMILES string of the molecule is COc1ccc(-c2ccc3cc(OC)ccc3c2Cc2ccc(OCCN3CCOCC3)cc2)cc1. The summed E-state index contributed by atoms with van der Waals surface area (Å²) in [5, 5.41) is 2.40. The summed E-state index contributed by atoms with van der Waals surface area (Å²) in [4.78, 5) is 2.38. The third kappa shape index (κ3) is 5.64. The van der Waals surface area contributed by atoms with E-state index >= 15 is 0 Å². The topological polar surface area (TPSA) is 40.2 Å². The summed E-state index contributed by atoms with van der Waals surface area (Å²) in [7, 11) is 3.40. The molecule has 0 aliphatic carbocycles. The van der Waals surface area contributed by atoms with E-state index in [4.69, 9.17) is 18.9 Å². The molecule has 0 spiro atoms. The molecule has 1 heterocycles. The summed E-state index contributed by atoms with van der Waals surface area (Å²) in [6, 6.07) is 27.5. The molecule has 4 aromatic carbocycles. The van der Waals surface area contributed by atoms with E-state index < -0.39 is 0 Å². The van der Waals surface area contributed by atoms with Crippen molar-refractivity contribution in [3.8, 4) is 28.4 Å². The van der Waals surface area contributed by atoms with Crippen LogP contribution in [-0.2, 0) is 11.2 Å². The number of morpholine rings is 1. The molecule has 5 nitrogen and oxygen atoms in total. The summed E-state index contributed by atoms with van der Waals surface area (Å²) in [5.41, 5.74) is 4.93. The summed E-state index contributed by atoms with van der Waals surface area (Å²) in [5.74, 6) is 2.63. The fourth-order valence-corrected chi connectivity index (χ4v) is 4.76. The van der Waals surface area contributed by atoms with E-state index in [2.05, 4.69) is 65.6 Å². The number of benzene rings is 4. The molecule has 0 unspecified atom stereocenters. The van der Waals surface area contributed by atoms with Crippen LogP contribution < -0.4 is 14.2 Å². The van der Waals surface area contributed by atoms with Gasteiger partial charge in [-0.05, 0) is 75.8 Å². The third-order valence-corrected chi connectivity index (χ3v) is 6.82. The number of hydrogen-bond acceptors (Lipinski definition) is 5. The maximum atomic E-state index is 6.02. The smallest absolute Gasteiger partial charge is 0.119 e. The number of hydrogen-bond donors (Lipinski definition) is 0. The van der Waals surface area contributed by atoms with Crippen molar-refractivity contribution in [2.75, 3.05) is 53.7 Å². The van der Waals surface area contributed by atoms with Crippen LogP contribution in [0.1, 0.15) is 11.1 Å². The number of nitrogens with zero attached hydrogens (tertiary/aromatic N) is 1. The molecule has 1 saturated heterocycles. The van der Waals surface area contributed by atoms with E-state index in [0.717, 1.165) is 56.5 Å². The van der Waals surface area contributed by atoms with Crippen molar-refractivity contribution in [2.24, 2.45) is 0 Å². The standard InChI is InChI=1S/C31H33NO4/c1-33-26-10-5-24(6-11-26)29-13-7-25-22-28(34-2)12-14-30(25)31(29)21-23-3-8-27(9-4-23)36-20-17-32-15-18-35-19-16-32/h3-14,22H,15-21H2,1-2H3. The fourth-order valence-electron chi connectivity index (χ4n) is 4.76. The van der Waals surface area contributed by atoms with Gasteiger partial charge in [0.15, 0.2) is 0 Å². The van der Waals surface area contributed by atoms with E-state index in [1.165, 1.54) is 33.0 Å². The van der Waals surface area contributed by atoms with Crippen LogP contribution in [0.25, 0.3) is 21.9 Å². The zero-order valence-electron chi connectivity index (χ0n) is 21.0. The fraction of sp³-hybridized carbons (Fsp3) is 0.290. The first-order valence-corrected chi connectivity index (χ1v) is 12.5. The third-order valence-electron chi connectivity index (χ3n) is 6.82. The minimum absolute atomic E-state index is 0.687. The summed E-state index contributed by atoms with van der Waals surface area (Å²) < 4.78 is 22.3. The predicted octanol–water partition coefficient (Wildman–Crippen LogP) is 5.83. The molecular formula is C31H33NO4. The van der Waals surface area contributed by atoms with Crippen LogP contribution in [0.4, 0.5) is 0 Å². The quantitative estimate of drug-likeness (QED) is 0.300. The van der Waals surface area contributed by atoms with Gasteiger partial charge in [-0.3, -0.25) is 4.90 Å². The van der Waals surface area contributed by atoms with Gasteiger partial charge in [0.2, 0.25) is 0 Å². The highest BCUT2D eigenvalue weighted by atomic mass is 16.5. The van der Waals surface area contributed by atoms with Crippen LogP contribution in [0.2, 0.25) is 0 Å². The summed E-state index contributed by atoms with van der Waals surface area (Å²) in [6.07, 6.45) is 0.819. The number of methoxy groups -OCH3 is 2. The van der Waals surface area contributed by atoms with Crippen LogP contribution in [0.3, 0.4) is 0 Å². The van der Waals surface area contributed by atoms with Crippen molar-refractivity contribution in [1.29, 1.82) is 0 Å². The normalized spacial score (nSPS) is 14.1. The zero-order valence-corrected chi connectivity index (χ0v) is 21.0. The molecule has 0 saturated carbocycles. The average Bonchev–Trinajstić information content (AvgIpc) is 2.94. The van der Waals surface area contributed by atoms with E-state index in [-0.39, 0.29) is 0 Å². The molecule has 0 aromatic heterocycles. The van der Waals surface area contributed by atoms with Gasteiger partial charge < -0.3 is 18.9 Å². The Labute approximate surface area is 213 Å². The lowest BCUT2D eigenvalue weighted by molar-refractivity contribution is 0.0322. The monoisotopic (exact) mass is 483 g/mol. The lowest BCUT2D eigenvalue weighted by atomic mass is 9.90. The Morgan fingerprint density at radius 2 is 1.44 bits per heavy atom. The van der Waals surface area contributed by atoms with Gasteiger partial charge in [0, 0.05) is 19.6 Å². The van der Waals surface area contributed by atoms with E-state index in [9.17, 15) is 0 Å². The highest BCUT2D eigenvalue weighted by molar-refractivity contribution is 5.93. The first-order chi connectivity index (χ1) is 17.7. The van der Waals surface area contributed by atoms with Gasteiger partial charge in [0.05, 0.1) is 27.4 Å². The molecule has 0 N–H and O–H groups in total. The van der Waals surface area contributed by atoms with Gasteiger partial charge in [-0.15, -0.1) is 0 Å². The van der Waals surface area contributed by atoms with E-state index in [1.54, 1.807) is 14.2 Å². The molecule has 1 aliphatic heterocycles. The first kappa shape index (κ1) is 24.2. The van der Waals surface area contributed by atoms with Crippen molar-refractivity contribution < 1.29 is 18.9 Å². The summed E-state index contributed by atoms with van der Waals surface area (Å²) >= 11 is 0. The van der Waals surface area contributed by atoms with Gasteiger partial charge in [0.25, 0.3) is 0 Å². The second-order valence-electron chi connectivity index (χ2n) is 9.03. The van der Waals surface area contributed by atoms with Crippen molar-refractivity contribution in [1.82, 2.24) is 4.90 Å². The van der Waals surface area contributed by atoms with Crippen LogP contribution >= 0.6 is 0 Å². The molecule has 5 heteroatoms. The molecule has 0 atom stereocenters. The van der Waals surface area contributed by atoms with E-state index in [0.29, 0.717) is 6.61 Å². The second-order valence-corrected chi connectivity index (χ2v) is 9.03. The summed E-state index contributed by atoms with van der Waals surface area (Å²) in [6.45, 7) is 5.20. The first-order valence-electron chi connectivity index (χ1n) is 12.5. The highest BCUT2D eigenvalue weighted by Gasteiger charge is 2.13. The van der Waals surface area contributed by atoms with Crippen molar-refractivity contribution in [3.63, 3.8) is 0 Å². The molecule has 1 fully saturated rings. The number of ether oxygens (including phenoxy) is 4. The largest absolute Gasteiger partial charge is 0.497 e. The van der Waals surface area contributed by atoms with Crippen LogP contribution in [0.5, 0.6) is 17.2 Å². The maximum absolute atomic E-state index is 6.02. The van der Waals surface area contributed by atoms with Gasteiger partial charge in [-0.1, -0.05) is 42.5 Å². The zero-order chi connectivity index (χ0) is 24.7. The van der Waals surface area contributed by atoms with Crippen molar-refractivity contribution in [2.45, 2.75) is 6.42 Å². The Hall–Kier alpha value is -3.54.